The summed E-state index contributed by atoms with van der Waals surface area (Å²) in [5, 5.41) is 0. The molecule has 0 aromatic carbocycles. The van der Waals surface area contributed by atoms with E-state index in [0.29, 0.717) is 12.5 Å². The Morgan fingerprint density at radius 3 is 2.95 bits per heavy atom. The predicted octanol–water partition coefficient (Wildman–Crippen LogP) is 0.724. The molecule has 2 rings (SSSR count). The van der Waals surface area contributed by atoms with Crippen molar-refractivity contribution in [2.45, 2.75) is 13.3 Å². The standard InChI is InChI=1S/C16H25N3O3/c1-12-4-5-14(15(20)17-12)16(21)18(2)10-13-6-7-19(11-13)8-9-22-3/h4-5,13H,6-11H2,1-3H3,(H,17,20). The number of H-pyrrole nitrogens is 1. The third kappa shape index (κ3) is 4.18. The first-order chi connectivity index (χ1) is 10.5. The lowest BCUT2D eigenvalue weighted by molar-refractivity contribution is 0.0770. The highest BCUT2D eigenvalue weighted by molar-refractivity contribution is 5.93. The van der Waals surface area contributed by atoms with Gasteiger partial charge in [-0.2, -0.15) is 0 Å². The van der Waals surface area contributed by atoms with Crippen LogP contribution >= 0.6 is 0 Å². The van der Waals surface area contributed by atoms with Gasteiger partial charge in [-0.3, -0.25) is 9.59 Å². The lowest BCUT2D eigenvalue weighted by Gasteiger charge is -2.21. The predicted molar refractivity (Wildman–Crippen MR) is 85.2 cm³/mol. The van der Waals surface area contributed by atoms with Gasteiger partial charge in [-0.1, -0.05) is 0 Å². The Hall–Kier alpha value is -1.66. The number of nitrogens with one attached hydrogen (secondary N) is 1. The Labute approximate surface area is 131 Å². The van der Waals surface area contributed by atoms with E-state index >= 15 is 0 Å². The number of ether oxygens (including phenoxy) is 1. The molecular weight excluding hydrogens is 282 g/mol. The second-order valence-electron chi connectivity index (χ2n) is 6.02. The van der Waals surface area contributed by atoms with Crippen LogP contribution in [-0.2, 0) is 4.74 Å². The largest absolute Gasteiger partial charge is 0.383 e. The van der Waals surface area contributed by atoms with Gasteiger partial charge in [-0.05, 0) is 37.9 Å². The summed E-state index contributed by atoms with van der Waals surface area (Å²) < 4.78 is 5.09. The highest BCUT2D eigenvalue weighted by Crippen LogP contribution is 2.17. The van der Waals surface area contributed by atoms with E-state index in [1.807, 2.05) is 0 Å². The smallest absolute Gasteiger partial charge is 0.260 e. The number of carbonyl (C=O) groups is 1. The SMILES string of the molecule is COCCN1CCC(CN(C)C(=O)c2ccc(C)[nH]c2=O)C1. The van der Waals surface area contributed by atoms with Gasteiger partial charge >= 0.3 is 0 Å². The lowest BCUT2D eigenvalue weighted by Crippen LogP contribution is -2.36. The van der Waals surface area contributed by atoms with Crippen molar-refractivity contribution < 1.29 is 9.53 Å². The molecule has 1 aliphatic heterocycles. The van der Waals surface area contributed by atoms with Crippen molar-refractivity contribution in [3.8, 4) is 0 Å². The molecule has 1 aromatic heterocycles. The number of nitrogens with zero attached hydrogens (tertiary/aromatic N) is 2. The summed E-state index contributed by atoms with van der Waals surface area (Å²) >= 11 is 0. The van der Waals surface area contributed by atoms with E-state index < -0.39 is 0 Å². The van der Waals surface area contributed by atoms with Crippen LogP contribution in [0, 0.1) is 12.8 Å². The van der Waals surface area contributed by atoms with E-state index in [-0.39, 0.29) is 17.0 Å². The Morgan fingerprint density at radius 1 is 1.50 bits per heavy atom. The van der Waals surface area contributed by atoms with Gasteiger partial charge in [0.05, 0.1) is 6.61 Å². The maximum atomic E-state index is 12.4. The number of hydrogen-bond acceptors (Lipinski definition) is 4. The second-order valence-corrected chi connectivity index (χ2v) is 6.02. The fourth-order valence-corrected chi connectivity index (χ4v) is 2.90. The third-order valence-corrected chi connectivity index (χ3v) is 4.15. The van der Waals surface area contributed by atoms with Crippen molar-refractivity contribution in [3.63, 3.8) is 0 Å². The first-order valence-corrected chi connectivity index (χ1v) is 7.68. The molecule has 2 heterocycles. The van der Waals surface area contributed by atoms with Gasteiger partial charge < -0.3 is 19.5 Å². The summed E-state index contributed by atoms with van der Waals surface area (Å²) in [4.78, 5) is 30.9. The molecule has 0 spiro atoms. The second kappa shape index (κ2) is 7.56. The molecule has 0 radical (unpaired) electrons. The molecule has 0 bridgehead atoms. The van der Waals surface area contributed by atoms with Gasteiger partial charge in [0.25, 0.3) is 11.5 Å². The normalized spacial score (nSPS) is 18.6. The minimum atomic E-state index is -0.315. The number of aryl methyl sites for hydroxylation is 1. The molecule has 1 unspecified atom stereocenters. The minimum Gasteiger partial charge on any atom is -0.383 e. The van der Waals surface area contributed by atoms with Crippen LogP contribution in [0.1, 0.15) is 22.5 Å². The third-order valence-electron chi connectivity index (χ3n) is 4.15. The van der Waals surface area contributed by atoms with E-state index in [4.69, 9.17) is 4.74 Å². The quantitative estimate of drug-likeness (QED) is 0.841. The van der Waals surface area contributed by atoms with Crippen molar-refractivity contribution in [1.82, 2.24) is 14.8 Å². The Bertz CT molecular complexity index is 570. The summed E-state index contributed by atoms with van der Waals surface area (Å²) in [7, 11) is 3.47. The zero-order valence-corrected chi connectivity index (χ0v) is 13.6. The van der Waals surface area contributed by atoms with Crippen LogP contribution in [0.25, 0.3) is 0 Å². The van der Waals surface area contributed by atoms with Crippen molar-refractivity contribution in [3.05, 3.63) is 33.7 Å². The fourth-order valence-electron chi connectivity index (χ4n) is 2.90. The van der Waals surface area contributed by atoms with Gasteiger partial charge in [0.2, 0.25) is 0 Å². The van der Waals surface area contributed by atoms with Gasteiger partial charge in [0.15, 0.2) is 0 Å². The number of aromatic nitrogens is 1. The average Bonchev–Trinajstić information content (AvgIpc) is 2.92. The van der Waals surface area contributed by atoms with Crippen LogP contribution in [0.2, 0.25) is 0 Å². The molecule has 0 aliphatic carbocycles. The van der Waals surface area contributed by atoms with Crippen molar-refractivity contribution in [1.29, 1.82) is 0 Å². The molecular formula is C16H25N3O3. The topological polar surface area (TPSA) is 65.6 Å². The summed E-state index contributed by atoms with van der Waals surface area (Å²) in [6, 6.07) is 3.36. The monoisotopic (exact) mass is 307 g/mol. The zero-order chi connectivity index (χ0) is 16.1. The van der Waals surface area contributed by atoms with Gasteiger partial charge in [-0.25, -0.2) is 0 Å². The molecule has 6 nitrogen and oxygen atoms in total. The summed E-state index contributed by atoms with van der Waals surface area (Å²) in [6.07, 6.45) is 1.07. The maximum Gasteiger partial charge on any atom is 0.260 e. The van der Waals surface area contributed by atoms with Crippen LogP contribution in [0.3, 0.4) is 0 Å². The Morgan fingerprint density at radius 2 is 2.27 bits per heavy atom. The minimum absolute atomic E-state index is 0.210. The van der Waals surface area contributed by atoms with Gasteiger partial charge in [-0.15, -0.1) is 0 Å². The molecule has 1 aromatic rings. The Kier molecular flexibility index (Phi) is 5.74. The number of likely N-dealkylation sites (tertiary alicyclic amines) is 1. The summed E-state index contributed by atoms with van der Waals surface area (Å²) in [6.45, 7) is 6.16. The fraction of sp³-hybridized carbons (Fsp3) is 0.625. The number of rotatable bonds is 6. The number of carbonyl (C=O) groups excluding carboxylic acids is 1. The number of amides is 1. The maximum absolute atomic E-state index is 12.4. The number of methoxy groups -OCH3 is 1. The van der Waals surface area contributed by atoms with E-state index in [0.717, 1.165) is 38.4 Å². The molecule has 1 saturated heterocycles. The average molecular weight is 307 g/mol. The molecule has 1 aliphatic rings. The van der Waals surface area contributed by atoms with Crippen molar-refractivity contribution in [2.24, 2.45) is 5.92 Å². The van der Waals surface area contributed by atoms with Crippen LogP contribution in [0.4, 0.5) is 0 Å². The first-order valence-electron chi connectivity index (χ1n) is 7.68. The summed E-state index contributed by atoms with van der Waals surface area (Å²) in [5.41, 5.74) is 0.654. The highest BCUT2D eigenvalue weighted by Gasteiger charge is 2.25. The molecule has 1 N–H and O–H groups in total. The van der Waals surface area contributed by atoms with E-state index in [1.165, 1.54) is 0 Å². The number of pyridine rings is 1. The molecule has 22 heavy (non-hydrogen) atoms. The number of aromatic amines is 1. The molecule has 6 heteroatoms. The first kappa shape index (κ1) is 16.7. The van der Waals surface area contributed by atoms with Crippen LogP contribution in [0.15, 0.2) is 16.9 Å². The molecule has 1 atom stereocenters. The van der Waals surface area contributed by atoms with Crippen molar-refractivity contribution >= 4 is 5.91 Å². The lowest BCUT2D eigenvalue weighted by atomic mass is 10.1. The van der Waals surface area contributed by atoms with E-state index in [2.05, 4.69) is 9.88 Å². The van der Waals surface area contributed by atoms with E-state index in [1.54, 1.807) is 38.1 Å². The summed E-state index contributed by atoms with van der Waals surface area (Å²) in [5.74, 6) is 0.243. The van der Waals surface area contributed by atoms with Gasteiger partial charge in [0.1, 0.15) is 5.56 Å². The highest BCUT2D eigenvalue weighted by atomic mass is 16.5. The molecule has 1 fully saturated rings. The molecule has 0 saturated carbocycles. The van der Waals surface area contributed by atoms with Crippen LogP contribution in [-0.4, -0.2) is 67.6 Å². The van der Waals surface area contributed by atoms with Crippen LogP contribution < -0.4 is 5.56 Å². The van der Waals surface area contributed by atoms with Gasteiger partial charge in [0, 0.05) is 39.5 Å². The Balaban J connectivity index is 1.91. The van der Waals surface area contributed by atoms with E-state index in [9.17, 15) is 9.59 Å². The van der Waals surface area contributed by atoms with Crippen LogP contribution in [0.5, 0.6) is 0 Å². The molecule has 1 amide bonds. The zero-order valence-electron chi connectivity index (χ0n) is 13.6. The van der Waals surface area contributed by atoms with Crippen molar-refractivity contribution in [2.75, 3.05) is 46.9 Å². The number of hydrogen-bond donors (Lipinski definition) is 1. The molecule has 122 valence electrons.